The summed E-state index contributed by atoms with van der Waals surface area (Å²) in [6, 6.07) is 5.22. The molecule has 0 aliphatic carbocycles. The number of imidazole rings is 1. The van der Waals surface area contributed by atoms with Gasteiger partial charge >= 0.3 is 0 Å². The molecule has 21 heavy (non-hydrogen) atoms. The number of pyridine rings is 1. The van der Waals surface area contributed by atoms with E-state index < -0.39 is 11.6 Å². The third-order valence-corrected chi connectivity index (χ3v) is 3.32. The molecule has 2 aromatic heterocycles. The van der Waals surface area contributed by atoms with E-state index in [9.17, 15) is 8.78 Å². The number of alkyl halides is 1. The van der Waals surface area contributed by atoms with Gasteiger partial charge in [-0.2, -0.15) is 0 Å². The Morgan fingerprint density at radius 1 is 1.14 bits per heavy atom. The number of fused-ring (bicyclic) bond motifs is 1. The third-order valence-electron chi connectivity index (χ3n) is 3.13. The molecule has 0 aliphatic rings. The third kappa shape index (κ3) is 2.61. The van der Waals surface area contributed by atoms with Gasteiger partial charge in [-0.15, -0.1) is 11.6 Å². The van der Waals surface area contributed by atoms with Crippen molar-refractivity contribution >= 4 is 22.8 Å². The fourth-order valence-electron chi connectivity index (χ4n) is 2.30. The van der Waals surface area contributed by atoms with Crippen molar-refractivity contribution in [2.45, 2.75) is 13.3 Å². The summed E-state index contributed by atoms with van der Waals surface area (Å²) in [6.45, 7) is 1.91. The van der Waals surface area contributed by atoms with Gasteiger partial charge in [0.05, 0.1) is 5.69 Å². The monoisotopic (exact) mass is 307 g/mol. The molecule has 0 unspecified atom stereocenters. The van der Waals surface area contributed by atoms with Gasteiger partial charge in [-0.05, 0) is 30.7 Å². The molecule has 1 aromatic carbocycles. The molecule has 0 saturated carbocycles. The Hall–Kier alpha value is -2.01. The summed E-state index contributed by atoms with van der Waals surface area (Å²) < 4.78 is 28.6. The second kappa shape index (κ2) is 5.41. The second-order valence-corrected chi connectivity index (χ2v) is 5.16. The molecule has 2 heterocycles. The summed E-state index contributed by atoms with van der Waals surface area (Å²) in [5.41, 5.74) is 2.56. The highest BCUT2D eigenvalue weighted by Gasteiger charge is 2.15. The largest absolute Gasteiger partial charge is 0.280 e. The Labute approximate surface area is 125 Å². The molecular weight excluding hydrogens is 296 g/mol. The first kappa shape index (κ1) is 13.9. The maximum atomic E-state index is 13.5. The van der Waals surface area contributed by atoms with Crippen molar-refractivity contribution < 1.29 is 8.78 Å². The van der Waals surface area contributed by atoms with Gasteiger partial charge in [0.15, 0.2) is 5.65 Å². The molecule has 6 heteroatoms. The van der Waals surface area contributed by atoms with Gasteiger partial charge in [0.1, 0.15) is 23.0 Å². The van der Waals surface area contributed by atoms with Crippen molar-refractivity contribution in [3.05, 3.63) is 53.5 Å². The summed E-state index contributed by atoms with van der Waals surface area (Å²) in [5, 5.41) is 0. The Balaban J connectivity index is 2.30. The van der Waals surface area contributed by atoms with E-state index in [0.717, 1.165) is 11.6 Å². The van der Waals surface area contributed by atoms with Gasteiger partial charge < -0.3 is 0 Å². The SMILES string of the molecule is Cc1cnc2c(c1)nc(CCCl)n2-c1cc(F)cc(F)c1. The minimum Gasteiger partial charge on any atom is -0.280 e. The molecule has 3 rings (SSSR count). The molecule has 0 bridgehead atoms. The lowest BCUT2D eigenvalue weighted by Gasteiger charge is -2.08. The number of rotatable bonds is 3. The minimum absolute atomic E-state index is 0.353. The average Bonchev–Trinajstić information content (AvgIpc) is 2.75. The van der Waals surface area contributed by atoms with Crippen LogP contribution in [0.3, 0.4) is 0 Å². The van der Waals surface area contributed by atoms with E-state index >= 15 is 0 Å². The van der Waals surface area contributed by atoms with Gasteiger partial charge in [0.25, 0.3) is 0 Å². The van der Waals surface area contributed by atoms with Crippen LogP contribution in [0.1, 0.15) is 11.4 Å². The van der Waals surface area contributed by atoms with Gasteiger partial charge in [-0.25, -0.2) is 18.7 Å². The Morgan fingerprint density at radius 3 is 2.52 bits per heavy atom. The van der Waals surface area contributed by atoms with Crippen LogP contribution in [0.4, 0.5) is 8.78 Å². The molecule has 108 valence electrons. The van der Waals surface area contributed by atoms with Crippen LogP contribution < -0.4 is 0 Å². The molecule has 0 atom stereocenters. The quantitative estimate of drug-likeness (QED) is 0.689. The lowest BCUT2D eigenvalue weighted by molar-refractivity contribution is 0.581. The molecule has 0 aliphatic heterocycles. The van der Waals surface area contributed by atoms with Crippen molar-refractivity contribution in [1.82, 2.24) is 14.5 Å². The number of aryl methyl sites for hydroxylation is 2. The molecular formula is C15H12ClF2N3. The van der Waals surface area contributed by atoms with Crippen molar-refractivity contribution in [3.8, 4) is 5.69 Å². The first-order valence-corrected chi connectivity index (χ1v) is 6.98. The van der Waals surface area contributed by atoms with E-state index in [0.29, 0.717) is 35.0 Å². The topological polar surface area (TPSA) is 30.7 Å². The van der Waals surface area contributed by atoms with Crippen LogP contribution in [0.15, 0.2) is 30.5 Å². The fourth-order valence-corrected chi connectivity index (χ4v) is 2.47. The average molecular weight is 308 g/mol. The normalized spacial score (nSPS) is 11.2. The number of benzene rings is 1. The Kier molecular flexibility index (Phi) is 3.59. The summed E-state index contributed by atoms with van der Waals surface area (Å²) in [7, 11) is 0. The lowest BCUT2D eigenvalue weighted by Crippen LogP contribution is -2.04. The number of aromatic nitrogens is 3. The number of hydrogen-bond donors (Lipinski definition) is 0. The van der Waals surface area contributed by atoms with Crippen molar-refractivity contribution in [1.29, 1.82) is 0 Å². The zero-order valence-corrected chi connectivity index (χ0v) is 12.0. The summed E-state index contributed by atoms with van der Waals surface area (Å²) in [6.07, 6.45) is 2.18. The van der Waals surface area contributed by atoms with Gasteiger partial charge in [0.2, 0.25) is 0 Å². The van der Waals surface area contributed by atoms with Gasteiger partial charge in [0, 0.05) is 24.6 Å². The Morgan fingerprint density at radius 2 is 1.86 bits per heavy atom. The van der Waals surface area contributed by atoms with Gasteiger partial charge in [-0.1, -0.05) is 0 Å². The first-order chi connectivity index (χ1) is 10.1. The highest BCUT2D eigenvalue weighted by Crippen LogP contribution is 2.22. The zero-order valence-electron chi connectivity index (χ0n) is 11.3. The van der Waals surface area contributed by atoms with Crippen LogP contribution in [0.25, 0.3) is 16.9 Å². The molecule has 0 amide bonds. The smallest absolute Gasteiger partial charge is 0.164 e. The van der Waals surface area contributed by atoms with Crippen LogP contribution in [0, 0.1) is 18.6 Å². The highest BCUT2D eigenvalue weighted by atomic mass is 35.5. The van der Waals surface area contributed by atoms with E-state index in [1.807, 2.05) is 13.0 Å². The van der Waals surface area contributed by atoms with Crippen molar-refractivity contribution in [3.63, 3.8) is 0 Å². The molecule has 3 aromatic rings. The predicted octanol–water partition coefficient (Wildman–Crippen LogP) is 3.79. The molecule has 0 N–H and O–H groups in total. The minimum atomic E-state index is -0.643. The number of hydrogen-bond acceptors (Lipinski definition) is 2. The standard InChI is InChI=1S/C15H12ClF2N3/c1-9-4-13-15(19-8-9)21(14(20-13)2-3-16)12-6-10(17)5-11(18)7-12/h4-8H,2-3H2,1H3. The van der Waals surface area contributed by atoms with Crippen LogP contribution >= 0.6 is 11.6 Å². The van der Waals surface area contributed by atoms with E-state index in [2.05, 4.69) is 9.97 Å². The lowest BCUT2D eigenvalue weighted by atomic mass is 10.2. The molecule has 0 radical (unpaired) electrons. The van der Waals surface area contributed by atoms with E-state index in [1.165, 1.54) is 12.1 Å². The molecule has 0 fully saturated rings. The molecule has 3 nitrogen and oxygen atoms in total. The first-order valence-electron chi connectivity index (χ1n) is 6.45. The Bertz CT molecular complexity index is 794. The molecule has 0 saturated heterocycles. The van der Waals surface area contributed by atoms with Crippen molar-refractivity contribution in [2.24, 2.45) is 0 Å². The molecule has 0 spiro atoms. The predicted molar refractivity (Wildman–Crippen MR) is 77.9 cm³/mol. The fraction of sp³-hybridized carbons (Fsp3) is 0.200. The van der Waals surface area contributed by atoms with Crippen LogP contribution in [0.5, 0.6) is 0 Å². The summed E-state index contributed by atoms with van der Waals surface area (Å²) in [5.74, 6) is -0.297. The van der Waals surface area contributed by atoms with Crippen LogP contribution in [0.2, 0.25) is 0 Å². The van der Waals surface area contributed by atoms with Crippen molar-refractivity contribution in [2.75, 3.05) is 5.88 Å². The maximum Gasteiger partial charge on any atom is 0.164 e. The summed E-state index contributed by atoms with van der Waals surface area (Å²) >= 11 is 5.79. The van der Waals surface area contributed by atoms with E-state index in [-0.39, 0.29) is 0 Å². The maximum absolute atomic E-state index is 13.5. The van der Waals surface area contributed by atoms with Crippen LogP contribution in [-0.2, 0) is 6.42 Å². The van der Waals surface area contributed by atoms with Gasteiger partial charge in [-0.3, -0.25) is 4.57 Å². The van der Waals surface area contributed by atoms with E-state index in [4.69, 9.17) is 11.6 Å². The number of nitrogens with zero attached hydrogens (tertiary/aromatic N) is 3. The summed E-state index contributed by atoms with van der Waals surface area (Å²) in [4.78, 5) is 8.80. The van der Waals surface area contributed by atoms with Crippen LogP contribution in [-0.4, -0.2) is 20.4 Å². The highest BCUT2D eigenvalue weighted by molar-refractivity contribution is 6.17. The zero-order chi connectivity index (χ0) is 15.0. The van der Waals surface area contributed by atoms with E-state index in [1.54, 1.807) is 10.8 Å². The number of halogens is 3. The second-order valence-electron chi connectivity index (χ2n) is 4.79.